The van der Waals surface area contributed by atoms with E-state index in [9.17, 15) is 4.79 Å². The minimum atomic E-state index is -0.424. The number of amides is 1. The lowest BCUT2D eigenvalue weighted by Gasteiger charge is -2.09. The van der Waals surface area contributed by atoms with E-state index in [1.165, 1.54) is 0 Å². The highest BCUT2D eigenvalue weighted by Crippen LogP contribution is 2.09. The summed E-state index contributed by atoms with van der Waals surface area (Å²) in [5, 5.41) is 3.03. The molecule has 1 aromatic heterocycles. The fourth-order valence-electron chi connectivity index (χ4n) is 0.986. The zero-order chi connectivity index (χ0) is 9.84. The van der Waals surface area contributed by atoms with Gasteiger partial charge in [0.2, 0.25) is 5.91 Å². The van der Waals surface area contributed by atoms with Gasteiger partial charge in [-0.15, -0.1) is 0 Å². The number of hydrogen-bond donors (Lipinski definition) is 2. The van der Waals surface area contributed by atoms with Crippen LogP contribution in [0.4, 0.5) is 0 Å². The van der Waals surface area contributed by atoms with Crippen molar-refractivity contribution in [2.24, 2.45) is 5.73 Å². The summed E-state index contributed by atoms with van der Waals surface area (Å²) in [6.07, 6.45) is 1.59. The SMILES string of the molecule is CNC(C)c1cc(C(N)=O)ccn1. The lowest BCUT2D eigenvalue weighted by molar-refractivity contribution is 0.1000. The van der Waals surface area contributed by atoms with Gasteiger partial charge < -0.3 is 11.1 Å². The predicted octanol–water partition coefficient (Wildman–Crippen LogP) is 0.461. The molecule has 0 saturated heterocycles. The summed E-state index contributed by atoms with van der Waals surface area (Å²) in [6.45, 7) is 1.97. The van der Waals surface area contributed by atoms with Crippen molar-refractivity contribution < 1.29 is 4.79 Å². The highest BCUT2D eigenvalue weighted by atomic mass is 16.1. The van der Waals surface area contributed by atoms with Gasteiger partial charge in [-0.3, -0.25) is 9.78 Å². The molecule has 0 bridgehead atoms. The minimum absolute atomic E-state index is 0.124. The summed E-state index contributed by atoms with van der Waals surface area (Å²) in [7, 11) is 1.84. The van der Waals surface area contributed by atoms with E-state index in [2.05, 4.69) is 10.3 Å². The normalized spacial score (nSPS) is 12.5. The Morgan fingerprint density at radius 1 is 1.69 bits per heavy atom. The van der Waals surface area contributed by atoms with Crippen LogP contribution in [0, 0.1) is 0 Å². The number of nitrogens with two attached hydrogens (primary N) is 1. The zero-order valence-corrected chi connectivity index (χ0v) is 7.74. The summed E-state index contributed by atoms with van der Waals surface area (Å²) in [6, 6.07) is 3.43. The molecular formula is C9H13N3O. The third kappa shape index (κ3) is 2.26. The molecule has 0 saturated carbocycles. The lowest BCUT2D eigenvalue weighted by atomic mass is 10.1. The number of hydrogen-bond acceptors (Lipinski definition) is 3. The van der Waals surface area contributed by atoms with E-state index in [0.29, 0.717) is 5.56 Å². The molecule has 1 heterocycles. The van der Waals surface area contributed by atoms with E-state index in [0.717, 1.165) is 5.69 Å². The van der Waals surface area contributed by atoms with Gasteiger partial charge in [0.25, 0.3) is 0 Å². The van der Waals surface area contributed by atoms with Gasteiger partial charge >= 0.3 is 0 Å². The van der Waals surface area contributed by atoms with Crippen LogP contribution in [0.25, 0.3) is 0 Å². The van der Waals surface area contributed by atoms with Gasteiger partial charge in [0.15, 0.2) is 0 Å². The van der Waals surface area contributed by atoms with Crippen molar-refractivity contribution in [3.63, 3.8) is 0 Å². The first-order valence-corrected chi connectivity index (χ1v) is 4.08. The van der Waals surface area contributed by atoms with Crippen LogP contribution in [0.15, 0.2) is 18.3 Å². The average Bonchev–Trinajstić information content (AvgIpc) is 2.17. The number of aromatic nitrogens is 1. The fraction of sp³-hybridized carbons (Fsp3) is 0.333. The first-order chi connectivity index (χ1) is 6.15. The molecule has 0 radical (unpaired) electrons. The third-order valence-electron chi connectivity index (χ3n) is 1.94. The Kier molecular flexibility index (Phi) is 2.97. The van der Waals surface area contributed by atoms with Crippen LogP contribution in [0.3, 0.4) is 0 Å². The molecule has 0 aliphatic heterocycles. The fourth-order valence-corrected chi connectivity index (χ4v) is 0.986. The molecule has 0 spiro atoms. The predicted molar refractivity (Wildman–Crippen MR) is 50.2 cm³/mol. The number of carbonyl (C=O) groups is 1. The van der Waals surface area contributed by atoms with Gasteiger partial charge in [-0.2, -0.15) is 0 Å². The van der Waals surface area contributed by atoms with Crippen LogP contribution in [0.1, 0.15) is 29.0 Å². The molecular weight excluding hydrogens is 166 g/mol. The molecule has 0 aliphatic rings. The molecule has 1 rings (SSSR count). The maximum Gasteiger partial charge on any atom is 0.248 e. The van der Waals surface area contributed by atoms with Crippen LogP contribution in [-0.2, 0) is 0 Å². The monoisotopic (exact) mass is 179 g/mol. The molecule has 4 nitrogen and oxygen atoms in total. The van der Waals surface area contributed by atoms with Gasteiger partial charge in [0, 0.05) is 17.8 Å². The highest BCUT2D eigenvalue weighted by molar-refractivity contribution is 5.92. The number of primary amides is 1. The number of nitrogens with zero attached hydrogens (tertiary/aromatic N) is 1. The average molecular weight is 179 g/mol. The Hall–Kier alpha value is -1.42. The smallest absolute Gasteiger partial charge is 0.248 e. The Morgan fingerprint density at radius 2 is 2.38 bits per heavy atom. The molecule has 4 heteroatoms. The Morgan fingerprint density at radius 3 is 2.92 bits per heavy atom. The molecule has 0 fully saturated rings. The van der Waals surface area contributed by atoms with Gasteiger partial charge in [0.05, 0.1) is 5.69 Å². The maximum atomic E-state index is 10.8. The summed E-state index contributed by atoms with van der Waals surface area (Å²) < 4.78 is 0. The number of carbonyl (C=O) groups excluding carboxylic acids is 1. The number of rotatable bonds is 3. The summed E-state index contributed by atoms with van der Waals surface area (Å²) >= 11 is 0. The van der Waals surface area contributed by atoms with E-state index < -0.39 is 5.91 Å². The van der Waals surface area contributed by atoms with Gasteiger partial charge in [-0.05, 0) is 26.1 Å². The summed E-state index contributed by atoms with van der Waals surface area (Å²) in [5.41, 5.74) is 6.45. The molecule has 1 amide bonds. The number of nitrogens with one attached hydrogen (secondary N) is 1. The van der Waals surface area contributed by atoms with Crippen LogP contribution >= 0.6 is 0 Å². The molecule has 0 aliphatic carbocycles. The second-order valence-corrected chi connectivity index (χ2v) is 2.84. The van der Waals surface area contributed by atoms with Crippen molar-refractivity contribution in [2.75, 3.05) is 7.05 Å². The molecule has 1 atom stereocenters. The van der Waals surface area contributed by atoms with Crippen LogP contribution < -0.4 is 11.1 Å². The minimum Gasteiger partial charge on any atom is -0.366 e. The van der Waals surface area contributed by atoms with Crippen molar-refractivity contribution in [3.8, 4) is 0 Å². The standard InChI is InChI=1S/C9H13N3O/c1-6(11-2)8-5-7(9(10)13)3-4-12-8/h3-6,11H,1-2H3,(H2,10,13). The van der Waals surface area contributed by atoms with Crippen molar-refractivity contribution in [2.45, 2.75) is 13.0 Å². The molecule has 13 heavy (non-hydrogen) atoms. The van der Waals surface area contributed by atoms with Gasteiger partial charge in [-0.25, -0.2) is 0 Å². The van der Waals surface area contributed by atoms with Gasteiger partial charge in [0.1, 0.15) is 0 Å². The van der Waals surface area contributed by atoms with Crippen molar-refractivity contribution in [1.29, 1.82) is 0 Å². The van der Waals surface area contributed by atoms with E-state index in [1.807, 2.05) is 14.0 Å². The van der Waals surface area contributed by atoms with Gasteiger partial charge in [-0.1, -0.05) is 0 Å². The molecule has 1 aromatic rings. The largest absolute Gasteiger partial charge is 0.366 e. The summed E-state index contributed by atoms with van der Waals surface area (Å²) in [4.78, 5) is 15.0. The van der Waals surface area contributed by atoms with Crippen LogP contribution in [0.2, 0.25) is 0 Å². The van der Waals surface area contributed by atoms with Crippen molar-refractivity contribution in [1.82, 2.24) is 10.3 Å². The summed E-state index contributed by atoms with van der Waals surface area (Å²) in [5.74, 6) is -0.424. The number of pyridine rings is 1. The Labute approximate surface area is 77.2 Å². The van der Waals surface area contributed by atoms with E-state index in [-0.39, 0.29) is 6.04 Å². The van der Waals surface area contributed by atoms with Crippen molar-refractivity contribution >= 4 is 5.91 Å². The van der Waals surface area contributed by atoms with E-state index >= 15 is 0 Å². The Balaban J connectivity index is 2.98. The first-order valence-electron chi connectivity index (χ1n) is 4.08. The van der Waals surface area contributed by atoms with Crippen LogP contribution in [-0.4, -0.2) is 17.9 Å². The van der Waals surface area contributed by atoms with E-state index in [1.54, 1.807) is 18.3 Å². The molecule has 0 aromatic carbocycles. The third-order valence-corrected chi connectivity index (χ3v) is 1.94. The molecule has 70 valence electrons. The highest BCUT2D eigenvalue weighted by Gasteiger charge is 2.06. The Bertz CT molecular complexity index is 311. The quantitative estimate of drug-likeness (QED) is 0.708. The molecule has 1 unspecified atom stereocenters. The first kappa shape index (κ1) is 9.67. The van der Waals surface area contributed by atoms with Crippen LogP contribution in [0.5, 0.6) is 0 Å². The van der Waals surface area contributed by atoms with E-state index in [4.69, 9.17) is 5.73 Å². The molecule has 3 N–H and O–H groups in total. The zero-order valence-electron chi connectivity index (χ0n) is 7.74. The van der Waals surface area contributed by atoms with Crippen molar-refractivity contribution in [3.05, 3.63) is 29.6 Å². The maximum absolute atomic E-state index is 10.8. The second-order valence-electron chi connectivity index (χ2n) is 2.84. The second kappa shape index (κ2) is 4.00. The topological polar surface area (TPSA) is 68.0 Å². The lowest BCUT2D eigenvalue weighted by Crippen LogP contribution is -2.16.